The number of β-amino-alcohol motifs (C(OH)–C–C–N with tert-alkyl or cyclic N) is 1. The molecule has 3 aromatic rings. The number of amides is 1. The van der Waals surface area contributed by atoms with E-state index in [9.17, 15) is 23.1 Å². The van der Waals surface area contributed by atoms with Crippen molar-refractivity contribution in [2.75, 3.05) is 6.54 Å². The van der Waals surface area contributed by atoms with Gasteiger partial charge in [-0.1, -0.05) is 36.4 Å². The predicted octanol–water partition coefficient (Wildman–Crippen LogP) is 2.82. The Hall–Kier alpha value is -3.57. The van der Waals surface area contributed by atoms with Gasteiger partial charge in [0.25, 0.3) is 0 Å². The van der Waals surface area contributed by atoms with Crippen molar-refractivity contribution < 1.29 is 28.2 Å². The third kappa shape index (κ3) is 6.28. The first-order valence-corrected chi connectivity index (χ1v) is 13.8. The van der Waals surface area contributed by atoms with E-state index in [1.807, 2.05) is 43.0 Å². The number of aliphatic hydroxyl groups is 1. The lowest BCUT2D eigenvalue weighted by molar-refractivity contribution is -0.126. The summed E-state index contributed by atoms with van der Waals surface area (Å²) in [7, 11) is -3.79. The summed E-state index contributed by atoms with van der Waals surface area (Å²) in [5.41, 5.74) is 4.45. The summed E-state index contributed by atoms with van der Waals surface area (Å²) in [5, 5.41) is 27.7. The monoisotopic (exact) mass is 537 g/mol. The number of carboxylic acid groups (broad SMARTS) is 1. The highest BCUT2D eigenvalue weighted by atomic mass is 32.2. The lowest BCUT2D eigenvalue weighted by Crippen LogP contribution is -2.43. The van der Waals surface area contributed by atoms with Crippen LogP contribution in [0.1, 0.15) is 46.4 Å². The zero-order valence-corrected chi connectivity index (χ0v) is 22.0. The molecule has 1 heterocycles. The van der Waals surface area contributed by atoms with Crippen LogP contribution in [0.3, 0.4) is 0 Å². The zero-order valence-electron chi connectivity index (χ0n) is 21.2. The van der Waals surface area contributed by atoms with Gasteiger partial charge >= 0.3 is 5.97 Å². The number of nitrogens with two attached hydrogens (primary N) is 1. The average Bonchev–Trinajstić information content (AvgIpc) is 3.23. The standard InChI is InChI=1S/C28H31N3O6S/c1-17-12-24(38(29,36)37)10-11-25(17)22-5-3-4-19(13-22)15-31-16-23(32)14-26(31)27(33)30-18(2)20-6-8-21(9-7-20)28(34)35/h3-13,18,23,26,32H,14-16H2,1-2H3,(H,30,33)(H,34,35)(H2,29,36,37)/t18-,23+,26+/m0/s1. The van der Waals surface area contributed by atoms with Crippen molar-refractivity contribution in [2.45, 2.75) is 49.9 Å². The van der Waals surface area contributed by atoms with E-state index in [1.165, 1.54) is 18.2 Å². The second-order valence-corrected chi connectivity index (χ2v) is 11.3. The van der Waals surface area contributed by atoms with E-state index in [2.05, 4.69) is 5.32 Å². The van der Waals surface area contributed by atoms with Gasteiger partial charge in [0.05, 0.1) is 28.6 Å². The maximum absolute atomic E-state index is 13.2. The Bertz CT molecular complexity index is 1460. The lowest BCUT2D eigenvalue weighted by atomic mass is 9.98. The molecule has 1 aliphatic heterocycles. The van der Waals surface area contributed by atoms with Gasteiger partial charge in [0.1, 0.15) is 0 Å². The second kappa shape index (κ2) is 11.0. The summed E-state index contributed by atoms with van der Waals surface area (Å²) in [6, 6.07) is 18.0. The molecule has 0 aliphatic carbocycles. The lowest BCUT2D eigenvalue weighted by Gasteiger charge is -2.25. The molecule has 4 rings (SSSR count). The molecule has 5 N–H and O–H groups in total. The fourth-order valence-corrected chi connectivity index (χ4v) is 5.44. The summed E-state index contributed by atoms with van der Waals surface area (Å²) in [6.45, 7) is 4.45. The third-order valence-electron chi connectivity index (χ3n) is 6.85. The normalized spacial score (nSPS) is 18.7. The van der Waals surface area contributed by atoms with Gasteiger partial charge in [-0.25, -0.2) is 18.4 Å². The van der Waals surface area contributed by atoms with Gasteiger partial charge in [-0.15, -0.1) is 0 Å². The minimum Gasteiger partial charge on any atom is -0.478 e. The molecule has 1 amide bonds. The van der Waals surface area contributed by atoms with Crippen LogP contribution >= 0.6 is 0 Å². The van der Waals surface area contributed by atoms with Gasteiger partial charge < -0.3 is 15.5 Å². The number of sulfonamides is 1. The molecule has 0 saturated carbocycles. The molecule has 1 aliphatic rings. The number of hydrogen-bond donors (Lipinski definition) is 4. The van der Waals surface area contributed by atoms with E-state index in [0.29, 0.717) is 19.5 Å². The second-order valence-electron chi connectivity index (χ2n) is 9.71. The zero-order chi connectivity index (χ0) is 27.6. The van der Waals surface area contributed by atoms with E-state index < -0.39 is 28.1 Å². The molecule has 3 atom stereocenters. The number of nitrogens with one attached hydrogen (secondary N) is 1. The van der Waals surface area contributed by atoms with E-state index in [1.54, 1.807) is 24.3 Å². The molecule has 1 fully saturated rings. The summed E-state index contributed by atoms with van der Waals surface area (Å²) < 4.78 is 23.4. The smallest absolute Gasteiger partial charge is 0.335 e. The first kappa shape index (κ1) is 27.5. The average molecular weight is 538 g/mol. The van der Waals surface area contributed by atoms with Crippen LogP contribution in [0.25, 0.3) is 11.1 Å². The number of aromatic carboxylic acids is 1. The van der Waals surface area contributed by atoms with Gasteiger partial charge in [-0.05, 0) is 78.4 Å². The quantitative estimate of drug-likeness (QED) is 0.345. The molecular weight excluding hydrogens is 506 g/mol. The molecule has 0 aromatic heterocycles. The molecule has 200 valence electrons. The Balaban J connectivity index is 1.48. The van der Waals surface area contributed by atoms with Crippen LogP contribution in [-0.4, -0.2) is 54.1 Å². The van der Waals surface area contributed by atoms with Crippen LogP contribution in [0.2, 0.25) is 0 Å². The van der Waals surface area contributed by atoms with Crippen LogP contribution in [-0.2, 0) is 21.4 Å². The number of carboxylic acids is 1. The molecule has 1 saturated heterocycles. The largest absolute Gasteiger partial charge is 0.478 e. The van der Waals surface area contributed by atoms with Crippen molar-refractivity contribution in [3.8, 4) is 11.1 Å². The summed E-state index contributed by atoms with van der Waals surface area (Å²) >= 11 is 0. The predicted molar refractivity (Wildman–Crippen MR) is 143 cm³/mol. The van der Waals surface area contributed by atoms with Gasteiger partial charge in [0, 0.05) is 13.1 Å². The molecule has 38 heavy (non-hydrogen) atoms. The molecule has 3 aromatic carbocycles. The molecule has 0 bridgehead atoms. The van der Waals surface area contributed by atoms with Gasteiger partial charge in [0.15, 0.2) is 0 Å². The maximum Gasteiger partial charge on any atom is 0.335 e. The maximum atomic E-state index is 13.2. The topological polar surface area (TPSA) is 150 Å². The van der Waals surface area contributed by atoms with Crippen molar-refractivity contribution in [2.24, 2.45) is 5.14 Å². The number of carbonyl (C=O) groups excluding carboxylic acids is 1. The van der Waals surface area contributed by atoms with Crippen molar-refractivity contribution in [3.05, 3.63) is 89.0 Å². The fraction of sp³-hybridized carbons (Fsp3) is 0.286. The highest BCUT2D eigenvalue weighted by Gasteiger charge is 2.36. The Kier molecular flexibility index (Phi) is 7.98. The minimum absolute atomic E-state index is 0.0573. The van der Waals surface area contributed by atoms with Crippen molar-refractivity contribution in [1.29, 1.82) is 0 Å². The number of rotatable bonds is 8. The number of aryl methyl sites for hydroxylation is 1. The highest BCUT2D eigenvalue weighted by Crippen LogP contribution is 2.28. The Morgan fingerprint density at radius 1 is 1.11 bits per heavy atom. The Morgan fingerprint density at radius 2 is 1.82 bits per heavy atom. The number of carbonyl (C=O) groups is 2. The van der Waals surface area contributed by atoms with Crippen LogP contribution in [0.4, 0.5) is 0 Å². The van der Waals surface area contributed by atoms with Gasteiger partial charge in [0.2, 0.25) is 15.9 Å². The van der Waals surface area contributed by atoms with E-state index in [-0.39, 0.29) is 22.4 Å². The summed E-state index contributed by atoms with van der Waals surface area (Å²) in [4.78, 5) is 26.3. The molecular formula is C28H31N3O6S. The third-order valence-corrected chi connectivity index (χ3v) is 7.76. The van der Waals surface area contributed by atoms with Crippen molar-refractivity contribution >= 4 is 21.9 Å². The first-order chi connectivity index (χ1) is 17.9. The summed E-state index contributed by atoms with van der Waals surface area (Å²) in [6.07, 6.45) is -0.322. The van der Waals surface area contributed by atoms with E-state index in [4.69, 9.17) is 10.2 Å². The highest BCUT2D eigenvalue weighted by molar-refractivity contribution is 7.89. The van der Waals surface area contributed by atoms with E-state index in [0.717, 1.165) is 27.8 Å². The SMILES string of the molecule is Cc1cc(S(N)(=O)=O)ccc1-c1cccc(CN2C[C@H](O)C[C@@H]2C(=O)N[C@@H](C)c2ccc(C(=O)O)cc2)c1. The van der Waals surface area contributed by atoms with Crippen LogP contribution in [0.5, 0.6) is 0 Å². The molecule has 0 radical (unpaired) electrons. The first-order valence-electron chi connectivity index (χ1n) is 12.2. The van der Waals surface area contributed by atoms with Crippen LogP contribution < -0.4 is 10.5 Å². The van der Waals surface area contributed by atoms with Crippen LogP contribution in [0.15, 0.2) is 71.6 Å². The number of benzene rings is 3. The number of primary sulfonamides is 1. The Morgan fingerprint density at radius 3 is 2.45 bits per heavy atom. The number of likely N-dealkylation sites (tertiary alicyclic amines) is 1. The minimum atomic E-state index is -3.79. The summed E-state index contributed by atoms with van der Waals surface area (Å²) in [5.74, 6) is -1.22. The van der Waals surface area contributed by atoms with Crippen molar-refractivity contribution in [3.63, 3.8) is 0 Å². The van der Waals surface area contributed by atoms with Crippen molar-refractivity contribution in [1.82, 2.24) is 10.2 Å². The van der Waals surface area contributed by atoms with Crippen LogP contribution in [0, 0.1) is 6.92 Å². The van der Waals surface area contributed by atoms with Gasteiger partial charge in [-0.3, -0.25) is 9.69 Å². The van der Waals surface area contributed by atoms with E-state index >= 15 is 0 Å². The Labute approximate surface area is 222 Å². The number of nitrogens with zero attached hydrogens (tertiary/aromatic N) is 1. The molecule has 10 heteroatoms. The van der Waals surface area contributed by atoms with Gasteiger partial charge in [-0.2, -0.15) is 0 Å². The molecule has 0 spiro atoms. The molecule has 9 nitrogen and oxygen atoms in total. The number of aliphatic hydroxyl groups excluding tert-OH is 1. The number of hydrogen-bond acceptors (Lipinski definition) is 6. The fourth-order valence-electron chi connectivity index (χ4n) is 4.84. The molecule has 0 unspecified atom stereocenters.